The zero-order valence-electron chi connectivity index (χ0n) is 18.7. The largest absolute Gasteiger partial charge is 0.495 e. The summed E-state index contributed by atoms with van der Waals surface area (Å²) in [5, 5.41) is 0. The fourth-order valence-corrected chi connectivity index (χ4v) is 5.06. The number of carbonyl (C=O) groups excluding carboxylic acids is 1. The maximum atomic E-state index is 13.1. The summed E-state index contributed by atoms with van der Waals surface area (Å²) in [5.41, 5.74) is 2.20. The van der Waals surface area contributed by atoms with E-state index in [9.17, 15) is 4.79 Å². The van der Waals surface area contributed by atoms with Gasteiger partial charge >= 0.3 is 5.97 Å². The van der Waals surface area contributed by atoms with E-state index in [1.54, 1.807) is 7.11 Å². The third-order valence-corrected chi connectivity index (χ3v) is 6.80. The molecular formula is C26H34N2O3. The predicted molar refractivity (Wildman–Crippen MR) is 123 cm³/mol. The highest BCUT2D eigenvalue weighted by Crippen LogP contribution is 2.33. The fourth-order valence-electron chi connectivity index (χ4n) is 5.06. The van der Waals surface area contributed by atoms with Crippen LogP contribution in [0.4, 0.5) is 5.69 Å². The van der Waals surface area contributed by atoms with Gasteiger partial charge in [-0.05, 0) is 37.5 Å². The van der Waals surface area contributed by atoms with Crippen molar-refractivity contribution in [2.75, 3.05) is 38.2 Å². The second-order valence-electron chi connectivity index (χ2n) is 8.64. The van der Waals surface area contributed by atoms with Gasteiger partial charge < -0.3 is 14.4 Å². The minimum atomic E-state index is -0.210. The molecule has 4 rings (SSSR count). The Hall–Kier alpha value is -2.53. The van der Waals surface area contributed by atoms with E-state index in [2.05, 4.69) is 21.9 Å². The number of esters is 1. The normalized spacial score (nSPS) is 23.2. The molecule has 3 atom stereocenters. The lowest BCUT2D eigenvalue weighted by Gasteiger charge is -2.44. The molecule has 3 unspecified atom stereocenters. The minimum absolute atomic E-state index is 0.0299. The molecule has 2 aromatic rings. The van der Waals surface area contributed by atoms with Crippen molar-refractivity contribution in [2.45, 2.75) is 44.8 Å². The number of piperazine rings is 1. The van der Waals surface area contributed by atoms with Crippen LogP contribution in [0.15, 0.2) is 54.6 Å². The van der Waals surface area contributed by atoms with E-state index < -0.39 is 0 Å². The van der Waals surface area contributed by atoms with E-state index in [0.29, 0.717) is 0 Å². The molecule has 166 valence electrons. The number of methoxy groups -OCH3 is 1. The highest BCUT2D eigenvalue weighted by Gasteiger charge is 2.37. The van der Waals surface area contributed by atoms with E-state index in [1.807, 2.05) is 49.4 Å². The SMILES string of the molecule is COc1ccccc1N1CCN(C2CCCCC2C(=O)OC(C)c2ccccc2)CC1. The van der Waals surface area contributed by atoms with Crippen LogP contribution in [0.5, 0.6) is 5.75 Å². The monoisotopic (exact) mass is 422 g/mol. The van der Waals surface area contributed by atoms with Gasteiger partial charge in [-0.25, -0.2) is 0 Å². The van der Waals surface area contributed by atoms with E-state index >= 15 is 0 Å². The summed E-state index contributed by atoms with van der Waals surface area (Å²) in [4.78, 5) is 18.0. The maximum Gasteiger partial charge on any atom is 0.311 e. The quantitative estimate of drug-likeness (QED) is 0.633. The Morgan fingerprint density at radius 1 is 0.935 bits per heavy atom. The molecule has 1 saturated heterocycles. The first-order valence-electron chi connectivity index (χ1n) is 11.5. The molecule has 0 spiro atoms. The molecule has 1 heterocycles. The summed E-state index contributed by atoms with van der Waals surface area (Å²) in [6.07, 6.45) is 4.09. The Morgan fingerprint density at radius 2 is 1.61 bits per heavy atom. The average Bonchev–Trinajstić information content (AvgIpc) is 2.84. The molecule has 2 aliphatic rings. The molecule has 1 saturated carbocycles. The van der Waals surface area contributed by atoms with Crippen LogP contribution in [0.1, 0.15) is 44.3 Å². The first kappa shape index (κ1) is 21.7. The molecule has 5 heteroatoms. The van der Waals surface area contributed by atoms with Gasteiger partial charge in [0.25, 0.3) is 0 Å². The van der Waals surface area contributed by atoms with Crippen LogP contribution in [0, 0.1) is 5.92 Å². The molecule has 0 radical (unpaired) electrons. The lowest BCUT2D eigenvalue weighted by Crippen LogP contribution is -2.54. The van der Waals surface area contributed by atoms with Gasteiger partial charge in [0.1, 0.15) is 11.9 Å². The molecule has 5 nitrogen and oxygen atoms in total. The molecule has 2 fully saturated rings. The highest BCUT2D eigenvalue weighted by molar-refractivity contribution is 5.73. The van der Waals surface area contributed by atoms with Crippen LogP contribution in [-0.2, 0) is 9.53 Å². The number of hydrogen-bond acceptors (Lipinski definition) is 5. The van der Waals surface area contributed by atoms with Gasteiger partial charge in [-0.3, -0.25) is 9.69 Å². The zero-order chi connectivity index (χ0) is 21.6. The summed E-state index contributed by atoms with van der Waals surface area (Å²) in [6.45, 7) is 5.77. The number of carbonyl (C=O) groups is 1. The Bertz CT molecular complexity index is 849. The number of anilines is 1. The number of nitrogens with zero attached hydrogens (tertiary/aromatic N) is 2. The second-order valence-corrected chi connectivity index (χ2v) is 8.64. The summed E-state index contributed by atoms with van der Waals surface area (Å²) < 4.78 is 11.5. The van der Waals surface area contributed by atoms with Gasteiger partial charge in [0.2, 0.25) is 0 Å². The molecular weight excluding hydrogens is 388 g/mol. The van der Waals surface area contributed by atoms with Gasteiger partial charge in [-0.2, -0.15) is 0 Å². The van der Waals surface area contributed by atoms with E-state index in [0.717, 1.165) is 62.4 Å². The Balaban J connectivity index is 1.38. The molecule has 0 bridgehead atoms. The van der Waals surface area contributed by atoms with Gasteiger partial charge in [0.05, 0.1) is 18.7 Å². The smallest absolute Gasteiger partial charge is 0.311 e. The maximum absolute atomic E-state index is 13.1. The summed E-state index contributed by atoms with van der Waals surface area (Å²) in [7, 11) is 1.73. The fraction of sp³-hybridized carbons (Fsp3) is 0.500. The summed E-state index contributed by atoms with van der Waals surface area (Å²) >= 11 is 0. The van der Waals surface area contributed by atoms with Crippen molar-refractivity contribution in [3.05, 3.63) is 60.2 Å². The van der Waals surface area contributed by atoms with Crippen molar-refractivity contribution in [2.24, 2.45) is 5.92 Å². The van der Waals surface area contributed by atoms with Crippen molar-refractivity contribution >= 4 is 11.7 Å². The number of rotatable bonds is 6. The van der Waals surface area contributed by atoms with Gasteiger partial charge in [-0.1, -0.05) is 55.3 Å². The molecule has 1 aliphatic carbocycles. The summed E-state index contributed by atoms with van der Waals surface area (Å²) in [6, 6.07) is 18.5. The molecule has 0 amide bonds. The lowest BCUT2D eigenvalue weighted by atomic mass is 9.83. The zero-order valence-corrected chi connectivity index (χ0v) is 18.7. The molecule has 0 N–H and O–H groups in total. The molecule has 31 heavy (non-hydrogen) atoms. The van der Waals surface area contributed by atoms with Crippen LogP contribution in [-0.4, -0.2) is 50.2 Å². The second kappa shape index (κ2) is 10.2. The Labute approximate surface area is 185 Å². The average molecular weight is 423 g/mol. The van der Waals surface area contributed by atoms with Crippen LogP contribution in [0.25, 0.3) is 0 Å². The first-order valence-corrected chi connectivity index (χ1v) is 11.5. The lowest BCUT2D eigenvalue weighted by molar-refractivity contribution is -0.157. The molecule has 1 aliphatic heterocycles. The van der Waals surface area contributed by atoms with Crippen molar-refractivity contribution < 1.29 is 14.3 Å². The molecule has 0 aromatic heterocycles. The van der Waals surface area contributed by atoms with Crippen molar-refractivity contribution in [1.82, 2.24) is 4.90 Å². The standard InChI is InChI=1S/C26H34N2O3/c1-20(21-10-4-3-5-11-21)31-26(29)22-12-6-7-13-23(22)27-16-18-28(19-17-27)24-14-8-9-15-25(24)30-2/h3-5,8-11,14-15,20,22-23H,6-7,12-13,16-19H2,1-2H3. The third kappa shape index (κ3) is 5.04. The van der Waals surface area contributed by atoms with Crippen molar-refractivity contribution in [3.63, 3.8) is 0 Å². The molecule has 2 aromatic carbocycles. The number of benzene rings is 2. The Kier molecular flexibility index (Phi) is 7.13. The van der Waals surface area contributed by atoms with E-state index in [4.69, 9.17) is 9.47 Å². The minimum Gasteiger partial charge on any atom is -0.495 e. The van der Waals surface area contributed by atoms with Crippen LogP contribution in [0.2, 0.25) is 0 Å². The summed E-state index contributed by atoms with van der Waals surface area (Å²) in [5.74, 6) is 0.857. The van der Waals surface area contributed by atoms with E-state index in [-0.39, 0.29) is 24.0 Å². The van der Waals surface area contributed by atoms with Crippen molar-refractivity contribution in [3.8, 4) is 5.75 Å². The first-order chi connectivity index (χ1) is 15.2. The number of para-hydroxylation sites is 2. The van der Waals surface area contributed by atoms with Crippen LogP contribution < -0.4 is 9.64 Å². The van der Waals surface area contributed by atoms with Gasteiger partial charge in [-0.15, -0.1) is 0 Å². The predicted octanol–water partition coefficient (Wildman–Crippen LogP) is 4.68. The topological polar surface area (TPSA) is 42.0 Å². The van der Waals surface area contributed by atoms with Crippen LogP contribution in [0.3, 0.4) is 0 Å². The van der Waals surface area contributed by atoms with E-state index in [1.165, 1.54) is 6.42 Å². The van der Waals surface area contributed by atoms with Gasteiger partial charge in [0, 0.05) is 32.2 Å². The van der Waals surface area contributed by atoms with Crippen LogP contribution >= 0.6 is 0 Å². The Morgan fingerprint density at radius 3 is 2.35 bits per heavy atom. The highest BCUT2D eigenvalue weighted by atomic mass is 16.5. The van der Waals surface area contributed by atoms with Crippen molar-refractivity contribution in [1.29, 1.82) is 0 Å². The van der Waals surface area contributed by atoms with Gasteiger partial charge in [0.15, 0.2) is 0 Å². The number of hydrogen-bond donors (Lipinski definition) is 0. The third-order valence-electron chi connectivity index (χ3n) is 6.80. The number of ether oxygens (including phenoxy) is 2.